The van der Waals surface area contributed by atoms with E-state index >= 15 is 0 Å². The topological polar surface area (TPSA) is 47.3 Å². The molecule has 0 aliphatic rings. The molecule has 3 nitrogen and oxygen atoms in total. The summed E-state index contributed by atoms with van der Waals surface area (Å²) in [6.07, 6.45) is 2.14. The Kier molecular flexibility index (Phi) is 6.39. The molecule has 0 saturated carbocycles. The molecule has 1 atom stereocenters. The first-order valence-electron chi connectivity index (χ1n) is 5.93. The molecule has 1 aromatic rings. The van der Waals surface area contributed by atoms with E-state index in [9.17, 15) is 0 Å². The minimum atomic E-state index is 0.284. The summed E-state index contributed by atoms with van der Waals surface area (Å²) < 4.78 is 5.18. The van der Waals surface area contributed by atoms with Gasteiger partial charge in [0.25, 0.3) is 0 Å². The van der Waals surface area contributed by atoms with Gasteiger partial charge in [0, 0.05) is 24.4 Å². The minimum absolute atomic E-state index is 0.284. The van der Waals surface area contributed by atoms with E-state index in [0.717, 1.165) is 18.5 Å². The van der Waals surface area contributed by atoms with Crippen molar-refractivity contribution >= 4 is 34.5 Å². The highest BCUT2D eigenvalue weighted by atomic mass is 35.5. The maximum Gasteiger partial charge on any atom is 0.105 e. The van der Waals surface area contributed by atoms with Crippen molar-refractivity contribution in [3.8, 4) is 0 Å². The molecule has 3 N–H and O–H groups in total. The van der Waals surface area contributed by atoms with Crippen molar-refractivity contribution in [2.75, 3.05) is 19.0 Å². The summed E-state index contributed by atoms with van der Waals surface area (Å²) in [5.41, 5.74) is 7.23. The van der Waals surface area contributed by atoms with E-state index in [1.54, 1.807) is 7.11 Å². The van der Waals surface area contributed by atoms with Gasteiger partial charge in [0.15, 0.2) is 0 Å². The first-order valence-corrected chi connectivity index (χ1v) is 6.72. The van der Waals surface area contributed by atoms with Crippen molar-refractivity contribution in [3.05, 3.63) is 28.8 Å². The number of nitrogens with two attached hydrogens (primary N) is 1. The second kappa shape index (κ2) is 7.56. The van der Waals surface area contributed by atoms with Gasteiger partial charge in [-0.2, -0.15) is 0 Å². The highest BCUT2D eigenvalue weighted by Gasteiger charge is 2.09. The number of benzene rings is 1. The Balaban J connectivity index is 2.77. The maximum absolute atomic E-state index is 6.12. The third kappa shape index (κ3) is 4.44. The van der Waals surface area contributed by atoms with E-state index in [0.29, 0.717) is 22.2 Å². The van der Waals surface area contributed by atoms with Crippen LogP contribution in [0.15, 0.2) is 18.2 Å². The Morgan fingerprint density at radius 2 is 2.28 bits per heavy atom. The molecule has 1 rings (SSSR count). The molecule has 0 heterocycles. The number of rotatable bonds is 7. The van der Waals surface area contributed by atoms with Gasteiger partial charge < -0.3 is 15.8 Å². The van der Waals surface area contributed by atoms with E-state index in [1.807, 2.05) is 18.2 Å². The fourth-order valence-corrected chi connectivity index (χ4v) is 2.30. The van der Waals surface area contributed by atoms with Gasteiger partial charge in [0.1, 0.15) is 4.99 Å². The molecule has 0 saturated heterocycles. The first-order chi connectivity index (χ1) is 8.58. The Morgan fingerprint density at radius 3 is 2.78 bits per heavy atom. The van der Waals surface area contributed by atoms with Gasteiger partial charge in [0.05, 0.1) is 11.6 Å². The van der Waals surface area contributed by atoms with Gasteiger partial charge in [-0.3, -0.25) is 0 Å². The number of halogens is 1. The van der Waals surface area contributed by atoms with Crippen LogP contribution < -0.4 is 11.1 Å². The van der Waals surface area contributed by atoms with Crippen LogP contribution in [-0.4, -0.2) is 24.7 Å². The highest BCUT2D eigenvalue weighted by Crippen LogP contribution is 2.22. The molecule has 0 aliphatic carbocycles. The summed E-state index contributed by atoms with van der Waals surface area (Å²) in [5, 5.41) is 3.96. The number of methoxy groups -OCH3 is 1. The lowest BCUT2D eigenvalue weighted by atomic mass is 10.1. The van der Waals surface area contributed by atoms with Gasteiger partial charge in [0.2, 0.25) is 0 Å². The quantitative estimate of drug-likeness (QED) is 0.756. The van der Waals surface area contributed by atoms with Crippen molar-refractivity contribution in [2.45, 2.75) is 25.8 Å². The highest BCUT2D eigenvalue weighted by molar-refractivity contribution is 7.80. The Bertz CT molecular complexity index is 406. The third-order valence-corrected chi connectivity index (χ3v) is 3.14. The molecule has 0 aliphatic heterocycles. The number of thiocarbonyl (C=S) groups is 1. The zero-order chi connectivity index (χ0) is 13.5. The first kappa shape index (κ1) is 15.2. The van der Waals surface area contributed by atoms with Crippen LogP contribution in [0.3, 0.4) is 0 Å². The molecular weight excluding hydrogens is 268 g/mol. The summed E-state index contributed by atoms with van der Waals surface area (Å²) in [7, 11) is 1.70. The summed E-state index contributed by atoms with van der Waals surface area (Å²) in [6, 6.07) is 5.89. The Hall–Kier alpha value is -0.840. The lowest BCUT2D eigenvalue weighted by molar-refractivity contribution is 0.182. The normalized spacial score (nSPS) is 12.2. The summed E-state index contributed by atoms with van der Waals surface area (Å²) in [4.78, 5) is 0.313. The zero-order valence-corrected chi connectivity index (χ0v) is 12.3. The molecule has 0 spiro atoms. The predicted molar refractivity (Wildman–Crippen MR) is 81.5 cm³/mol. The van der Waals surface area contributed by atoms with E-state index in [4.69, 9.17) is 34.3 Å². The Morgan fingerprint density at radius 1 is 1.56 bits per heavy atom. The molecule has 0 fully saturated rings. The van der Waals surface area contributed by atoms with Crippen molar-refractivity contribution in [1.82, 2.24) is 0 Å². The largest absolute Gasteiger partial charge is 0.389 e. The summed E-state index contributed by atoms with van der Waals surface area (Å²) >= 11 is 11.0. The van der Waals surface area contributed by atoms with E-state index < -0.39 is 0 Å². The third-order valence-electron chi connectivity index (χ3n) is 2.61. The average Bonchev–Trinajstić information content (AvgIpc) is 2.29. The molecule has 0 radical (unpaired) electrons. The lowest BCUT2D eigenvalue weighted by Gasteiger charge is -2.19. The molecule has 5 heteroatoms. The van der Waals surface area contributed by atoms with E-state index in [2.05, 4.69) is 12.2 Å². The average molecular weight is 287 g/mol. The molecule has 0 aromatic heterocycles. The van der Waals surface area contributed by atoms with Gasteiger partial charge in [-0.25, -0.2) is 0 Å². The van der Waals surface area contributed by atoms with E-state index in [1.165, 1.54) is 0 Å². The standard InChI is InChI=1S/C13H19ClN2OS/c1-3-4-10(8-17-2)16-9-5-6-11(13(15)18)12(14)7-9/h5-7,10,16H,3-4,8H2,1-2H3,(H2,15,18). The van der Waals surface area contributed by atoms with Crippen LogP contribution in [-0.2, 0) is 4.74 Å². The summed E-state index contributed by atoms with van der Waals surface area (Å²) in [6.45, 7) is 2.82. The minimum Gasteiger partial charge on any atom is -0.389 e. The fourth-order valence-electron chi connectivity index (χ4n) is 1.79. The van der Waals surface area contributed by atoms with Crippen molar-refractivity contribution in [2.24, 2.45) is 5.73 Å². The van der Waals surface area contributed by atoms with Crippen LogP contribution in [0.25, 0.3) is 0 Å². The number of anilines is 1. The lowest BCUT2D eigenvalue weighted by Crippen LogP contribution is -2.24. The molecule has 1 unspecified atom stereocenters. The fraction of sp³-hybridized carbons (Fsp3) is 0.462. The molecule has 1 aromatic carbocycles. The van der Waals surface area contributed by atoms with E-state index in [-0.39, 0.29) is 6.04 Å². The Labute approximate surface area is 119 Å². The second-order valence-corrected chi connectivity index (χ2v) is 4.99. The number of ether oxygens (including phenoxy) is 1. The van der Waals surface area contributed by atoms with Crippen molar-refractivity contribution in [1.29, 1.82) is 0 Å². The van der Waals surface area contributed by atoms with Gasteiger partial charge >= 0.3 is 0 Å². The van der Waals surface area contributed by atoms with Gasteiger partial charge in [-0.1, -0.05) is 37.2 Å². The number of nitrogens with one attached hydrogen (secondary N) is 1. The van der Waals surface area contributed by atoms with Crippen LogP contribution in [0.1, 0.15) is 25.3 Å². The summed E-state index contributed by atoms with van der Waals surface area (Å²) in [5.74, 6) is 0. The SMILES string of the molecule is CCCC(COC)Nc1ccc(C(N)=S)c(Cl)c1. The van der Waals surface area contributed by atoms with Crippen molar-refractivity contribution < 1.29 is 4.74 Å². The van der Waals surface area contributed by atoms with Crippen LogP contribution in [0.4, 0.5) is 5.69 Å². The molecule has 0 bridgehead atoms. The van der Waals surface area contributed by atoms with Gasteiger partial charge in [-0.15, -0.1) is 0 Å². The monoisotopic (exact) mass is 286 g/mol. The number of hydrogen-bond donors (Lipinski definition) is 2. The van der Waals surface area contributed by atoms with Crippen molar-refractivity contribution in [3.63, 3.8) is 0 Å². The van der Waals surface area contributed by atoms with Crippen LogP contribution >= 0.6 is 23.8 Å². The van der Waals surface area contributed by atoms with Crippen LogP contribution in [0.5, 0.6) is 0 Å². The maximum atomic E-state index is 6.12. The predicted octanol–water partition coefficient (Wildman–Crippen LogP) is 3.20. The zero-order valence-electron chi connectivity index (χ0n) is 10.7. The molecule has 100 valence electrons. The molecular formula is C13H19ClN2OS. The molecule has 0 amide bonds. The molecule has 18 heavy (non-hydrogen) atoms. The van der Waals surface area contributed by atoms with Gasteiger partial charge in [-0.05, 0) is 24.6 Å². The smallest absolute Gasteiger partial charge is 0.105 e. The second-order valence-electron chi connectivity index (χ2n) is 4.14. The van der Waals surface area contributed by atoms with Crippen LogP contribution in [0, 0.1) is 0 Å². The van der Waals surface area contributed by atoms with Crippen LogP contribution in [0.2, 0.25) is 5.02 Å². The number of hydrogen-bond acceptors (Lipinski definition) is 3.